The van der Waals surface area contributed by atoms with Gasteiger partial charge in [-0.25, -0.2) is 0 Å². The lowest BCUT2D eigenvalue weighted by Crippen LogP contribution is -2.55. The molecule has 1 fully saturated rings. The van der Waals surface area contributed by atoms with Crippen LogP contribution >= 0.6 is 0 Å². The van der Waals surface area contributed by atoms with Crippen LogP contribution in [0.2, 0.25) is 0 Å². The van der Waals surface area contributed by atoms with Crippen molar-refractivity contribution in [3.05, 3.63) is 54.1 Å². The molecule has 0 aromatic heterocycles. The second-order valence-electron chi connectivity index (χ2n) is 6.88. The predicted molar refractivity (Wildman–Crippen MR) is 100 cm³/mol. The summed E-state index contributed by atoms with van der Waals surface area (Å²) in [5.74, 6) is 2.44. The van der Waals surface area contributed by atoms with Gasteiger partial charge in [-0.05, 0) is 47.9 Å². The van der Waals surface area contributed by atoms with E-state index in [0.29, 0.717) is 17.4 Å². The van der Waals surface area contributed by atoms with Crippen LogP contribution in [0.3, 0.4) is 0 Å². The summed E-state index contributed by atoms with van der Waals surface area (Å²) in [6, 6.07) is 15.0. The number of ether oxygens (including phenoxy) is 4. The number of aliphatic hydroxyl groups excluding tert-OH is 2. The first-order chi connectivity index (χ1) is 13.0. The Labute approximate surface area is 159 Å². The van der Waals surface area contributed by atoms with Crippen molar-refractivity contribution >= 4 is 0 Å². The van der Waals surface area contributed by atoms with Crippen LogP contribution in [0.4, 0.5) is 0 Å². The lowest BCUT2D eigenvalue weighted by molar-refractivity contribution is -0.247. The van der Waals surface area contributed by atoms with E-state index in [9.17, 15) is 10.2 Å². The zero-order valence-corrected chi connectivity index (χ0v) is 15.7. The monoisotopic (exact) mass is 374 g/mol. The smallest absolute Gasteiger partial charge is 0.228 e. The van der Waals surface area contributed by atoms with Gasteiger partial charge in [0.1, 0.15) is 35.6 Å². The normalized spacial score (nSPS) is 25.4. The average molecular weight is 374 g/mol. The summed E-state index contributed by atoms with van der Waals surface area (Å²) >= 11 is 0. The lowest BCUT2D eigenvalue weighted by atomic mass is 10.0. The standard InChI is InChI=1S/C21H26O6/c1-13(2)14-4-6-15(7-5-14)26-16-8-10-17(11-9-16)27-21-19(23)20(24-3)18(22)12-25-21/h4-11,13,18-23H,12H2,1-3H3/t18-,19+,20-,21+/m0/s1. The van der Waals surface area contributed by atoms with Crippen LogP contribution in [0.1, 0.15) is 25.3 Å². The largest absolute Gasteiger partial charge is 0.462 e. The van der Waals surface area contributed by atoms with Crippen molar-refractivity contribution in [2.45, 2.75) is 44.4 Å². The lowest BCUT2D eigenvalue weighted by Gasteiger charge is -2.36. The highest BCUT2D eigenvalue weighted by atomic mass is 16.7. The van der Waals surface area contributed by atoms with Crippen LogP contribution in [0.15, 0.2) is 48.5 Å². The number of benzene rings is 2. The van der Waals surface area contributed by atoms with Gasteiger partial charge in [0.2, 0.25) is 6.29 Å². The van der Waals surface area contributed by atoms with Crippen LogP contribution in [-0.2, 0) is 9.47 Å². The molecule has 0 spiro atoms. The molecule has 6 heteroatoms. The second-order valence-corrected chi connectivity index (χ2v) is 6.88. The molecule has 2 aromatic carbocycles. The molecule has 0 saturated carbocycles. The van der Waals surface area contributed by atoms with Crippen molar-refractivity contribution in [3.8, 4) is 17.2 Å². The third kappa shape index (κ3) is 4.78. The SMILES string of the molecule is CO[C@@H]1[C@@H](O)[C@@H](Oc2ccc(Oc3ccc(C(C)C)cc3)cc2)OC[C@@H]1O. The number of hydrogen-bond donors (Lipinski definition) is 2. The Morgan fingerprint density at radius 1 is 0.926 bits per heavy atom. The molecule has 1 aliphatic heterocycles. The minimum Gasteiger partial charge on any atom is -0.462 e. The highest BCUT2D eigenvalue weighted by Crippen LogP contribution is 2.27. The van der Waals surface area contributed by atoms with E-state index in [-0.39, 0.29) is 6.61 Å². The summed E-state index contributed by atoms with van der Waals surface area (Å²) < 4.78 is 22.0. The van der Waals surface area contributed by atoms with E-state index in [1.165, 1.54) is 12.7 Å². The predicted octanol–water partition coefficient (Wildman–Crippen LogP) is 3.07. The van der Waals surface area contributed by atoms with Crippen molar-refractivity contribution < 1.29 is 29.2 Å². The molecule has 1 saturated heterocycles. The van der Waals surface area contributed by atoms with E-state index in [1.54, 1.807) is 24.3 Å². The van der Waals surface area contributed by atoms with Crippen molar-refractivity contribution in [2.75, 3.05) is 13.7 Å². The maximum atomic E-state index is 10.2. The molecule has 0 amide bonds. The Morgan fingerprint density at radius 2 is 1.48 bits per heavy atom. The molecule has 27 heavy (non-hydrogen) atoms. The molecule has 2 N–H and O–H groups in total. The van der Waals surface area contributed by atoms with Gasteiger partial charge < -0.3 is 29.2 Å². The zero-order chi connectivity index (χ0) is 19.4. The quantitative estimate of drug-likeness (QED) is 0.809. The molecule has 0 bridgehead atoms. The summed E-state index contributed by atoms with van der Waals surface area (Å²) in [7, 11) is 1.43. The van der Waals surface area contributed by atoms with Gasteiger partial charge in [-0.2, -0.15) is 0 Å². The van der Waals surface area contributed by atoms with Crippen LogP contribution < -0.4 is 9.47 Å². The Hall–Kier alpha value is -2.12. The molecule has 3 rings (SSSR count). The van der Waals surface area contributed by atoms with Crippen molar-refractivity contribution in [3.63, 3.8) is 0 Å². The zero-order valence-electron chi connectivity index (χ0n) is 15.7. The van der Waals surface area contributed by atoms with E-state index in [1.807, 2.05) is 12.1 Å². The van der Waals surface area contributed by atoms with E-state index in [0.717, 1.165) is 5.75 Å². The molecule has 0 unspecified atom stereocenters. The van der Waals surface area contributed by atoms with E-state index in [4.69, 9.17) is 18.9 Å². The number of methoxy groups -OCH3 is 1. The van der Waals surface area contributed by atoms with Crippen molar-refractivity contribution in [1.82, 2.24) is 0 Å². The fourth-order valence-electron chi connectivity index (χ4n) is 2.95. The third-order valence-corrected chi connectivity index (χ3v) is 4.56. The molecule has 1 heterocycles. The van der Waals surface area contributed by atoms with Crippen molar-refractivity contribution in [1.29, 1.82) is 0 Å². The minimum atomic E-state index is -1.09. The number of hydrogen-bond acceptors (Lipinski definition) is 6. The Kier molecular flexibility index (Phi) is 6.34. The molecular weight excluding hydrogens is 348 g/mol. The fourth-order valence-corrected chi connectivity index (χ4v) is 2.95. The topological polar surface area (TPSA) is 77.4 Å². The molecule has 0 radical (unpaired) electrons. The first kappa shape index (κ1) is 19.6. The first-order valence-electron chi connectivity index (χ1n) is 9.03. The Morgan fingerprint density at radius 3 is 2.04 bits per heavy atom. The molecule has 1 aliphatic rings. The first-order valence-corrected chi connectivity index (χ1v) is 9.03. The maximum Gasteiger partial charge on any atom is 0.228 e. The van der Waals surface area contributed by atoms with Crippen LogP contribution in [-0.4, -0.2) is 48.5 Å². The second kappa shape index (κ2) is 8.71. The highest BCUT2D eigenvalue weighted by molar-refractivity contribution is 5.36. The molecule has 2 aromatic rings. The summed E-state index contributed by atoms with van der Waals surface area (Å²) in [5.41, 5.74) is 1.26. The Bertz CT molecular complexity index is 712. The number of rotatable bonds is 6. The summed E-state index contributed by atoms with van der Waals surface area (Å²) in [6.07, 6.45) is -3.63. The third-order valence-electron chi connectivity index (χ3n) is 4.56. The van der Waals surface area contributed by atoms with Gasteiger partial charge in [0.25, 0.3) is 0 Å². The highest BCUT2D eigenvalue weighted by Gasteiger charge is 2.40. The average Bonchev–Trinajstić information content (AvgIpc) is 2.66. The van der Waals surface area contributed by atoms with E-state index >= 15 is 0 Å². The van der Waals surface area contributed by atoms with Gasteiger partial charge >= 0.3 is 0 Å². The summed E-state index contributed by atoms with van der Waals surface area (Å²) in [6.45, 7) is 4.34. The van der Waals surface area contributed by atoms with Gasteiger partial charge in [0.05, 0.1) is 6.61 Å². The van der Waals surface area contributed by atoms with Gasteiger partial charge in [0.15, 0.2) is 0 Å². The van der Waals surface area contributed by atoms with Crippen LogP contribution in [0.25, 0.3) is 0 Å². The summed E-state index contributed by atoms with van der Waals surface area (Å²) in [5, 5.41) is 20.0. The molecule has 6 nitrogen and oxygen atoms in total. The summed E-state index contributed by atoms with van der Waals surface area (Å²) in [4.78, 5) is 0. The molecule has 4 atom stereocenters. The Balaban J connectivity index is 1.60. The van der Waals surface area contributed by atoms with Gasteiger partial charge in [-0.15, -0.1) is 0 Å². The molecule has 146 valence electrons. The van der Waals surface area contributed by atoms with E-state index < -0.39 is 24.6 Å². The minimum absolute atomic E-state index is 0.0355. The van der Waals surface area contributed by atoms with E-state index in [2.05, 4.69) is 26.0 Å². The van der Waals surface area contributed by atoms with Crippen LogP contribution in [0, 0.1) is 0 Å². The molecular formula is C21H26O6. The fraction of sp³-hybridized carbons (Fsp3) is 0.429. The van der Waals surface area contributed by atoms with Crippen molar-refractivity contribution in [2.24, 2.45) is 0 Å². The van der Waals surface area contributed by atoms with Crippen LogP contribution in [0.5, 0.6) is 17.2 Å². The van der Waals surface area contributed by atoms with Gasteiger partial charge in [-0.3, -0.25) is 0 Å². The molecule has 0 aliphatic carbocycles. The van der Waals surface area contributed by atoms with Gasteiger partial charge in [-0.1, -0.05) is 26.0 Å². The van der Waals surface area contributed by atoms with Gasteiger partial charge in [0, 0.05) is 7.11 Å². The maximum absolute atomic E-state index is 10.2. The number of aliphatic hydroxyl groups is 2.